The Morgan fingerprint density at radius 3 is 2.93 bits per heavy atom. The predicted molar refractivity (Wildman–Crippen MR) is 106 cm³/mol. The van der Waals surface area contributed by atoms with E-state index in [1.54, 1.807) is 18.4 Å². The highest BCUT2D eigenvalue weighted by atomic mass is 32.1. The number of aromatic nitrogens is 2. The molecule has 1 amide bonds. The minimum atomic E-state index is -0.0628. The van der Waals surface area contributed by atoms with Gasteiger partial charge in [-0.1, -0.05) is 12.1 Å². The number of nitrogens with one attached hydrogen (secondary N) is 1. The summed E-state index contributed by atoms with van der Waals surface area (Å²) in [6.07, 6.45) is 0.915. The third kappa shape index (κ3) is 3.64. The number of thiophene rings is 1. The molecule has 1 aliphatic heterocycles. The van der Waals surface area contributed by atoms with Gasteiger partial charge in [-0.15, -0.1) is 16.4 Å². The molecule has 0 saturated carbocycles. The highest BCUT2D eigenvalue weighted by molar-refractivity contribution is 7.14. The summed E-state index contributed by atoms with van der Waals surface area (Å²) in [5.74, 6) is 1.54. The summed E-state index contributed by atoms with van der Waals surface area (Å²) in [5, 5.41) is 11.4. The molecular weight excluding hydrogens is 360 g/mol. The number of benzene rings is 1. The lowest BCUT2D eigenvalue weighted by Crippen LogP contribution is -2.22. The topological polar surface area (TPSA) is 67.3 Å². The zero-order valence-corrected chi connectivity index (χ0v) is 16.0. The number of nitrogens with zero attached hydrogens (tertiary/aromatic N) is 3. The van der Waals surface area contributed by atoms with Crippen LogP contribution in [0.2, 0.25) is 0 Å². The van der Waals surface area contributed by atoms with Crippen molar-refractivity contribution in [3.8, 4) is 5.75 Å². The lowest BCUT2D eigenvalue weighted by atomic mass is 10.2. The largest absolute Gasteiger partial charge is 0.497 e. The number of carbonyl (C=O) groups excluding carboxylic acids is 1. The highest BCUT2D eigenvalue weighted by Gasteiger charge is 2.26. The molecule has 138 valence electrons. The van der Waals surface area contributed by atoms with Crippen molar-refractivity contribution >= 4 is 28.7 Å². The lowest BCUT2D eigenvalue weighted by molar-refractivity contribution is 0.0955. The Morgan fingerprint density at radius 2 is 2.15 bits per heavy atom. The molecule has 0 fully saturated rings. The molecule has 2 aromatic heterocycles. The van der Waals surface area contributed by atoms with Crippen molar-refractivity contribution in [2.75, 3.05) is 18.6 Å². The molecule has 0 bridgehead atoms. The Hall–Kier alpha value is -2.93. The number of rotatable bonds is 5. The normalized spacial score (nSPS) is 12.7. The fourth-order valence-corrected chi connectivity index (χ4v) is 4.17. The molecule has 0 spiro atoms. The van der Waals surface area contributed by atoms with Crippen LogP contribution in [0.5, 0.6) is 5.75 Å². The number of anilines is 2. The fourth-order valence-electron chi connectivity index (χ4n) is 3.10. The maximum atomic E-state index is 12.6. The number of ether oxygens (including phenoxy) is 1. The van der Waals surface area contributed by atoms with Gasteiger partial charge >= 0.3 is 0 Å². The zero-order chi connectivity index (χ0) is 18.8. The molecule has 3 aromatic rings. The molecular formula is C20H20N4O2S. The number of carbonyl (C=O) groups is 1. The number of aryl methyl sites for hydroxylation is 1. The van der Waals surface area contributed by atoms with Crippen LogP contribution < -0.4 is 15.0 Å². The third-order valence-corrected chi connectivity index (χ3v) is 5.69. The van der Waals surface area contributed by atoms with E-state index in [1.807, 2.05) is 49.4 Å². The summed E-state index contributed by atoms with van der Waals surface area (Å²) in [5.41, 5.74) is 2.95. The maximum Gasteiger partial charge on any atom is 0.261 e. The molecule has 0 saturated heterocycles. The van der Waals surface area contributed by atoms with Crippen molar-refractivity contribution in [1.29, 1.82) is 0 Å². The summed E-state index contributed by atoms with van der Waals surface area (Å²) < 4.78 is 5.22. The van der Waals surface area contributed by atoms with Crippen LogP contribution in [-0.2, 0) is 13.0 Å². The Balaban J connectivity index is 1.47. The van der Waals surface area contributed by atoms with Gasteiger partial charge in [0.05, 0.1) is 23.4 Å². The quantitative estimate of drug-likeness (QED) is 0.734. The van der Waals surface area contributed by atoms with Gasteiger partial charge in [-0.2, -0.15) is 5.10 Å². The minimum absolute atomic E-state index is 0.0628. The maximum absolute atomic E-state index is 12.6. The lowest BCUT2D eigenvalue weighted by Gasteiger charge is -2.16. The third-order valence-electron chi connectivity index (χ3n) is 4.51. The summed E-state index contributed by atoms with van der Waals surface area (Å²) in [6.45, 7) is 3.25. The van der Waals surface area contributed by atoms with Gasteiger partial charge in [0.25, 0.3) is 5.91 Å². The zero-order valence-electron chi connectivity index (χ0n) is 15.2. The number of hydrogen-bond acceptors (Lipinski definition) is 6. The fraction of sp³-hybridized carbons (Fsp3) is 0.250. The Bertz CT molecular complexity index is 968. The van der Waals surface area contributed by atoms with Crippen LogP contribution in [0.4, 0.5) is 11.5 Å². The number of fused-ring (bicyclic) bond motifs is 1. The average Bonchev–Trinajstić information content (AvgIpc) is 3.28. The standard InChI is InChI=1S/C20H20N4O2S/c1-13-6-7-19(23-22-13)24-9-8-17-16(24)11-18(27-17)20(25)21-12-14-4-3-5-15(10-14)26-2/h3-7,10-11H,8-9,12H2,1-2H3,(H,21,25). The van der Waals surface area contributed by atoms with E-state index in [1.165, 1.54) is 4.88 Å². The van der Waals surface area contributed by atoms with Gasteiger partial charge in [0, 0.05) is 24.4 Å². The van der Waals surface area contributed by atoms with Crippen LogP contribution in [0, 0.1) is 6.92 Å². The van der Waals surface area contributed by atoms with E-state index in [2.05, 4.69) is 20.4 Å². The van der Waals surface area contributed by atoms with E-state index in [4.69, 9.17) is 4.74 Å². The summed E-state index contributed by atoms with van der Waals surface area (Å²) >= 11 is 1.55. The van der Waals surface area contributed by atoms with Crippen LogP contribution in [0.1, 0.15) is 25.8 Å². The summed E-state index contributed by atoms with van der Waals surface area (Å²) in [7, 11) is 1.63. The van der Waals surface area contributed by atoms with Crippen molar-refractivity contribution in [2.24, 2.45) is 0 Å². The molecule has 1 aliphatic rings. The monoisotopic (exact) mass is 380 g/mol. The molecule has 1 aromatic carbocycles. The first-order chi connectivity index (χ1) is 13.1. The first-order valence-corrected chi connectivity index (χ1v) is 9.57. The van der Waals surface area contributed by atoms with Crippen molar-refractivity contribution in [2.45, 2.75) is 19.9 Å². The molecule has 6 nitrogen and oxygen atoms in total. The van der Waals surface area contributed by atoms with Gasteiger partial charge in [0.2, 0.25) is 0 Å². The van der Waals surface area contributed by atoms with Gasteiger partial charge in [0.1, 0.15) is 5.75 Å². The molecule has 0 radical (unpaired) electrons. The van der Waals surface area contributed by atoms with E-state index >= 15 is 0 Å². The second-order valence-electron chi connectivity index (χ2n) is 6.39. The first-order valence-electron chi connectivity index (χ1n) is 8.76. The highest BCUT2D eigenvalue weighted by Crippen LogP contribution is 2.39. The van der Waals surface area contributed by atoms with Gasteiger partial charge < -0.3 is 15.0 Å². The first kappa shape index (κ1) is 17.5. The molecule has 3 heterocycles. The van der Waals surface area contributed by atoms with E-state index in [0.29, 0.717) is 11.4 Å². The van der Waals surface area contributed by atoms with E-state index in [0.717, 1.165) is 41.5 Å². The van der Waals surface area contributed by atoms with Gasteiger partial charge in [-0.3, -0.25) is 4.79 Å². The summed E-state index contributed by atoms with van der Waals surface area (Å²) in [4.78, 5) is 16.6. The SMILES string of the molecule is COc1cccc(CNC(=O)c2cc3c(s2)CCN3c2ccc(C)nn2)c1. The van der Waals surface area contributed by atoms with Crippen molar-refractivity contribution < 1.29 is 9.53 Å². The number of amides is 1. The van der Waals surface area contributed by atoms with Crippen LogP contribution in [-0.4, -0.2) is 29.8 Å². The molecule has 4 rings (SSSR count). The molecule has 0 atom stereocenters. The molecule has 1 N–H and O–H groups in total. The van der Waals surface area contributed by atoms with E-state index in [9.17, 15) is 4.79 Å². The smallest absolute Gasteiger partial charge is 0.261 e. The minimum Gasteiger partial charge on any atom is -0.497 e. The van der Waals surface area contributed by atoms with Crippen molar-refractivity contribution in [1.82, 2.24) is 15.5 Å². The van der Waals surface area contributed by atoms with Gasteiger partial charge in [-0.25, -0.2) is 0 Å². The van der Waals surface area contributed by atoms with Crippen LogP contribution >= 0.6 is 11.3 Å². The number of methoxy groups -OCH3 is 1. The second kappa shape index (κ2) is 7.36. The van der Waals surface area contributed by atoms with E-state index in [-0.39, 0.29) is 5.91 Å². The van der Waals surface area contributed by atoms with Gasteiger partial charge in [-0.05, 0) is 42.8 Å². The molecule has 7 heteroatoms. The Labute approximate surface area is 161 Å². The number of hydrogen-bond donors (Lipinski definition) is 1. The van der Waals surface area contributed by atoms with Crippen LogP contribution in [0.3, 0.4) is 0 Å². The Kier molecular flexibility index (Phi) is 4.77. The Morgan fingerprint density at radius 1 is 1.26 bits per heavy atom. The summed E-state index contributed by atoms with van der Waals surface area (Å²) in [6, 6.07) is 13.6. The van der Waals surface area contributed by atoms with Crippen molar-refractivity contribution in [3.05, 3.63) is 63.5 Å². The van der Waals surface area contributed by atoms with E-state index < -0.39 is 0 Å². The van der Waals surface area contributed by atoms with Crippen LogP contribution in [0.15, 0.2) is 42.5 Å². The molecule has 0 unspecified atom stereocenters. The van der Waals surface area contributed by atoms with Crippen molar-refractivity contribution in [3.63, 3.8) is 0 Å². The van der Waals surface area contributed by atoms with Crippen LogP contribution in [0.25, 0.3) is 0 Å². The molecule has 27 heavy (non-hydrogen) atoms. The average molecular weight is 380 g/mol. The predicted octanol–water partition coefficient (Wildman–Crippen LogP) is 3.48. The van der Waals surface area contributed by atoms with Gasteiger partial charge in [0.15, 0.2) is 5.82 Å². The molecule has 0 aliphatic carbocycles. The second-order valence-corrected chi connectivity index (χ2v) is 7.52.